The number of hydrazone groups is 1. The Bertz CT molecular complexity index is 1020. The molecule has 9 nitrogen and oxygen atoms in total. The van der Waals surface area contributed by atoms with E-state index in [2.05, 4.69) is 33.3 Å². The molecular formula is C21H27Cl2N9. The molecule has 1 saturated heterocycles. The number of allylic oxidation sites excluding steroid dienone is 3. The van der Waals surface area contributed by atoms with Gasteiger partial charge in [-0.05, 0) is 18.6 Å². The van der Waals surface area contributed by atoms with Crippen LogP contribution >= 0.6 is 23.2 Å². The zero-order valence-corrected chi connectivity index (χ0v) is 19.3. The van der Waals surface area contributed by atoms with Crippen molar-refractivity contribution in [3.05, 3.63) is 52.4 Å². The molecule has 7 N–H and O–H groups in total. The average molecular weight is 476 g/mol. The SMILES string of the molecule is C#C.CC/C=C\C(Cl)=C(\Cl)CN(N)/C(=N\N)c1cc(-c2cnn(C3CNC3)c2)cnc1N. The number of halogens is 2. The number of nitrogens with zero attached hydrogens (tertiary/aromatic N) is 5. The van der Waals surface area contributed by atoms with E-state index in [1.807, 2.05) is 29.9 Å². The lowest BCUT2D eigenvalue weighted by atomic mass is 10.1. The summed E-state index contributed by atoms with van der Waals surface area (Å²) < 4.78 is 1.94. The van der Waals surface area contributed by atoms with Crippen molar-refractivity contribution in [3.8, 4) is 24.0 Å². The van der Waals surface area contributed by atoms with Crippen molar-refractivity contribution in [1.29, 1.82) is 0 Å². The normalized spacial score (nSPS) is 15.0. The molecule has 0 amide bonds. The Morgan fingerprint density at radius 1 is 1.34 bits per heavy atom. The fraction of sp³-hybridized carbons (Fsp3) is 0.286. The molecule has 0 spiro atoms. The number of hydrogen-bond acceptors (Lipinski definition) is 7. The largest absolute Gasteiger partial charge is 0.383 e. The maximum Gasteiger partial charge on any atom is 0.173 e. The number of nitrogen functional groups attached to an aromatic ring is 1. The molecule has 1 aliphatic heterocycles. The molecule has 0 aliphatic carbocycles. The zero-order valence-electron chi connectivity index (χ0n) is 17.7. The van der Waals surface area contributed by atoms with Crippen molar-refractivity contribution in [2.75, 3.05) is 25.4 Å². The summed E-state index contributed by atoms with van der Waals surface area (Å²) in [6.07, 6.45) is 17.9. The molecule has 0 aromatic carbocycles. The van der Waals surface area contributed by atoms with Gasteiger partial charge in [0.25, 0.3) is 0 Å². The van der Waals surface area contributed by atoms with Gasteiger partial charge in [-0.3, -0.25) is 9.69 Å². The number of rotatable bonds is 7. The zero-order chi connectivity index (χ0) is 23.7. The summed E-state index contributed by atoms with van der Waals surface area (Å²) >= 11 is 12.5. The third-order valence-electron chi connectivity index (χ3n) is 4.69. The van der Waals surface area contributed by atoms with Crippen molar-refractivity contribution >= 4 is 34.9 Å². The Kier molecular flexibility index (Phi) is 9.56. The van der Waals surface area contributed by atoms with Crippen LogP contribution in [0, 0.1) is 12.8 Å². The summed E-state index contributed by atoms with van der Waals surface area (Å²) in [5, 5.41) is 13.5. The van der Waals surface area contributed by atoms with E-state index in [0.29, 0.717) is 21.7 Å². The van der Waals surface area contributed by atoms with E-state index in [4.69, 9.17) is 40.6 Å². The number of aromatic nitrogens is 3. The molecule has 2 aromatic rings. The number of amidine groups is 1. The van der Waals surface area contributed by atoms with Gasteiger partial charge in [-0.1, -0.05) is 36.2 Å². The van der Waals surface area contributed by atoms with Crippen LogP contribution in [0.3, 0.4) is 0 Å². The molecule has 1 fully saturated rings. The van der Waals surface area contributed by atoms with Crippen LogP contribution in [-0.4, -0.2) is 45.2 Å². The van der Waals surface area contributed by atoms with Gasteiger partial charge >= 0.3 is 0 Å². The van der Waals surface area contributed by atoms with Crippen LogP contribution in [0.25, 0.3) is 11.1 Å². The standard InChI is InChI=1S/C19H25Cl2N9.C2H2/c1-2-3-4-16(20)17(21)11-29(24)19(28-23)15-5-12(6-26-18(15)22)13-7-27-30(10-13)14-8-25-9-14;1-2/h3-7,10,14,25H,2,8-9,11,23-24H2,1H3,(H2,22,26);1-2H/b4-3-,17-16-,28-19-;. The first-order valence-electron chi connectivity index (χ1n) is 9.79. The molecule has 0 unspecified atom stereocenters. The summed E-state index contributed by atoms with van der Waals surface area (Å²) in [5.41, 5.74) is 8.29. The van der Waals surface area contributed by atoms with E-state index in [1.54, 1.807) is 18.5 Å². The third kappa shape index (κ3) is 6.02. The van der Waals surface area contributed by atoms with Gasteiger partial charge < -0.3 is 16.9 Å². The Balaban J connectivity index is 0.00000176. The molecule has 0 radical (unpaired) electrons. The highest BCUT2D eigenvalue weighted by atomic mass is 35.5. The van der Waals surface area contributed by atoms with Crippen LogP contribution in [-0.2, 0) is 0 Å². The molecule has 0 bridgehead atoms. The second kappa shape index (κ2) is 12.1. The highest BCUT2D eigenvalue weighted by Crippen LogP contribution is 2.25. The van der Waals surface area contributed by atoms with E-state index < -0.39 is 0 Å². The lowest BCUT2D eigenvalue weighted by Gasteiger charge is -2.27. The number of pyridine rings is 1. The fourth-order valence-electron chi connectivity index (χ4n) is 2.87. The van der Waals surface area contributed by atoms with Crippen molar-refractivity contribution in [2.45, 2.75) is 19.4 Å². The molecule has 3 heterocycles. The predicted molar refractivity (Wildman–Crippen MR) is 131 cm³/mol. The highest BCUT2D eigenvalue weighted by Gasteiger charge is 2.21. The van der Waals surface area contributed by atoms with Crippen molar-refractivity contribution < 1.29 is 0 Å². The van der Waals surface area contributed by atoms with Crippen LogP contribution in [0.1, 0.15) is 24.9 Å². The molecule has 0 saturated carbocycles. The second-order valence-corrected chi connectivity index (χ2v) is 7.69. The van der Waals surface area contributed by atoms with Gasteiger partial charge in [0, 0.05) is 36.6 Å². The maximum atomic E-state index is 6.28. The lowest BCUT2D eigenvalue weighted by Crippen LogP contribution is -2.43. The van der Waals surface area contributed by atoms with Gasteiger partial charge in [0.15, 0.2) is 5.84 Å². The first-order chi connectivity index (χ1) is 15.4. The summed E-state index contributed by atoms with van der Waals surface area (Å²) in [5.74, 6) is 12.3. The van der Waals surface area contributed by atoms with Gasteiger partial charge in [0.1, 0.15) is 5.82 Å². The molecule has 0 atom stereocenters. The lowest BCUT2D eigenvalue weighted by molar-refractivity contribution is 0.318. The Morgan fingerprint density at radius 3 is 2.66 bits per heavy atom. The smallest absolute Gasteiger partial charge is 0.173 e. The van der Waals surface area contributed by atoms with E-state index >= 15 is 0 Å². The molecular weight excluding hydrogens is 449 g/mol. The molecule has 2 aromatic heterocycles. The second-order valence-electron chi connectivity index (χ2n) is 6.82. The van der Waals surface area contributed by atoms with Gasteiger partial charge in [-0.25, -0.2) is 10.8 Å². The van der Waals surface area contributed by atoms with E-state index in [0.717, 1.165) is 30.6 Å². The van der Waals surface area contributed by atoms with Gasteiger partial charge in [-0.15, -0.1) is 12.8 Å². The number of hydrazine groups is 1. The van der Waals surface area contributed by atoms with Crippen molar-refractivity contribution in [3.63, 3.8) is 0 Å². The summed E-state index contributed by atoms with van der Waals surface area (Å²) in [6.45, 7) is 3.91. The van der Waals surface area contributed by atoms with Crippen LogP contribution < -0.4 is 22.7 Å². The minimum absolute atomic E-state index is 0.0980. The quantitative estimate of drug-likeness (QED) is 0.120. The van der Waals surface area contributed by atoms with Crippen molar-refractivity contribution in [1.82, 2.24) is 25.1 Å². The summed E-state index contributed by atoms with van der Waals surface area (Å²) in [6, 6.07) is 2.19. The summed E-state index contributed by atoms with van der Waals surface area (Å²) in [4.78, 5) is 4.28. The third-order valence-corrected chi connectivity index (χ3v) is 5.46. The van der Waals surface area contributed by atoms with E-state index in [1.165, 1.54) is 5.01 Å². The Hall–Kier alpha value is -3.03. The topological polar surface area (TPSA) is 136 Å². The van der Waals surface area contributed by atoms with Gasteiger partial charge in [0.05, 0.1) is 34.4 Å². The monoisotopic (exact) mass is 475 g/mol. The number of nitrogens with two attached hydrogens (primary N) is 3. The first-order valence-corrected chi connectivity index (χ1v) is 10.6. The number of nitrogens with one attached hydrogen (secondary N) is 1. The highest BCUT2D eigenvalue weighted by molar-refractivity contribution is 6.40. The minimum Gasteiger partial charge on any atom is -0.383 e. The van der Waals surface area contributed by atoms with Gasteiger partial charge in [-0.2, -0.15) is 10.2 Å². The van der Waals surface area contributed by atoms with Crippen LogP contribution in [0.5, 0.6) is 0 Å². The summed E-state index contributed by atoms with van der Waals surface area (Å²) in [7, 11) is 0. The Labute approximate surface area is 197 Å². The minimum atomic E-state index is 0.0980. The van der Waals surface area contributed by atoms with Crippen molar-refractivity contribution in [2.24, 2.45) is 16.8 Å². The van der Waals surface area contributed by atoms with E-state index in [9.17, 15) is 0 Å². The fourth-order valence-corrected chi connectivity index (χ4v) is 3.21. The van der Waals surface area contributed by atoms with Gasteiger partial charge in [0.2, 0.25) is 0 Å². The average Bonchev–Trinajstić information content (AvgIpc) is 3.23. The molecule has 11 heteroatoms. The van der Waals surface area contributed by atoms with Crippen LogP contribution in [0.2, 0.25) is 0 Å². The number of hydrogen-bond donors (Lipinski definition) is 4. The van der Waals surface area contributed by atoms with E-state index in [-0.39, 0.29) is 18.2 Å². The molecule has 170 valence electrons. The molecule has 32 heavy (non-hydrogen) atoms. The predicted octanol–water partition coefficient (Wildman–Crippen LogP) is 2.37. The maximum absolute atomic E-state index is 6.28. The Morgan fingerprint density at radius 2 is 2.06 bits per heavy atom. The van der Waals surface area contributed by atoms with Crippen LogP contribution in [0.15, 0.2) is 52.0 Å². The molecule has 3 rings (SSSR count). The van der Waals surface area contributed by atoms with Crippen LogP contribution in [0.4, 0.5) is 5.82 Å². The number of anilines is 1. The first kappa shape index (κ1) is 25.2. The number of terminal acetylenes is 1. The molecule has 1 aliphatic rings.